The van der Waals surface area contributed by atoms with Crippen LogP contribution in [-0.2, 0) is 14.3 Å². The number of rotatable bonds is 11. The Hall–Kier alpha value is -4.97. The fourth-order valence-electron chi connectivity index (χ4n) is 6.86. The van der Waals surface area contributed by atoms with Crippen molar-refractivity contribution in [3.8, 4) is 33.6 Å². The summed E-state index contributed by atoms with van der Waals surface area (Å²) >= 11 is 0. The number of imidazole rings is 2. The second-order valence-corrected chi connectivity index (χ2v) is 13.8. The van der Waals surface area contributed by atoms with E-state index in [9.17, 15) is 14.4 Å². The average Bonchev–Trinajstić information content (AvgIpc) is 3.95. The molecule has 3 amide bonds. The highest BCUT2D eigenvalue weighted by atomic mass is 16.6. The Kier molecular flexibility index (Phi) is 10.7. The highest BCUT2D eigenvalue weighted by molar-refractivity contribution is 5.84. The van der Waals surface area contributed by atoms with Gasteiger partial charge < -0.3 is 35.1 Å². The minimum atomic E-state index is -0.861. The molecule has 6 rings (SSSR count). The van der Waals surface area contributed by atoms with E-state index in [2.05, 4.69) is 79.1 Å². The zero-order chi connectivity index (χ0) is 35.4. The van der Waals surface area contributed by atoms with Gasteiger partial charge in [0.25, 0.3) is 5.91 Å². The molecule has 2 fully saturated rings. The normalized spacial score (nSPS) is 18.2. The first-order valence-electron chi connectivity index (χ1n) is 17.7. The van der Waals surface area contributed by atoms with E-state index in [1.807, 2.05) is 45.0 Å². The van der Waals surface area contributed by atoms with E-state index >= 15 is 0 Å². The Labute approximate surface area is 293 Å². The van der Waals surface area contributed by atoms with Crippen LogP contribution < -0.4 is 10.6 Å². The van der Waals surface area contributed by atoms with Gasteiger partial charge in [0.05, 0.1) is 42.4 Å². The predicted molar refractivity (Wildman–Crippen MR) is 192 cm³/mol. The van der Waals surface area contributed by atoms with Gasteiger partial charge in [0, 0.05) is 26.2 Å². The molecule has 50 heavy (non-hydrogen) atoms. The maximum atomic E-state index is 13.5. The number of aromatic nitrogens is 4. The maximum absolute atomic E-state index is 13.5. The number of likely N-dealkylation sites (tertiary alicyclic amines) is 2. The molecule has 0 unspecified atom stereocenters. The zero-order valence-corrected chi connectivity index (χ0v) is 29.5. The molecule has 2 aromatic heterocycles. The number of nitrogens with zero attached hydrogens (tertiary/aromatic N) is 4. The van der Waals surface area contributed by atoms with Gasteiger partial charge in [0.2, 0.25) is 5.91 Å². The third-order valence-electron chi connectivity index (χ3n) is 9.60. The molecule has 3 atom stereocenters. The van der Waals surface area contributed by atoms with Crippen molar-refractivity contribution < 1.29 is 19.1 Å². The van der Waals surface area contributed by atoms with Crippen LogP contribution in [0, 0.1) is 5.92 Å². The number of aromatic amines is 2. The summed E-state index contributed by atoms with van der Waals surface area (Å²) in [6.07, 6.45) is 5.70. The lowest BCUT2D eigenvalue weighted by molar-refractivity contribution is -0.143. The molecule has 0 bridgehead atoms. The van der Waals surface area contributed by atoms with Gasteiger partial charge in [-0.2, -0.15) is 0 Å². The summed E-state index contributed by atoms with van der Waals surface area (Å²) in [5.41, 5.74) is 6.01. The van der Waals surface area contributed by atoms with Gasteiger partial charge in [0.15, 0.2) is 6.10 Å². The van der Waals surface area contributed by atoms with Crippen molar-refractivity contribution in [2.75, 3.05) is 26.7 Å². The van der Waals surface area contributed by atoms with Crippen LogP contribution >= 0.6 is 0 Å². The smallest absolute Gasteiger partial charge is 0.407 e. The Balaban J connectivity index is 1.10. The minimum Gasteiger partial charge on any atom is -0.436 e. The Morgan fingerprint density at radius 2 is 1.26 bits per heavy atom. The molecule has 264 valence electrons. The fraction of sp³-hybridized carbons (Fsp3) is 0.447. The molecule has 0 spiro atoms. The molecule has 0 saturated carbocycles. The number of benzene rings is 2. The van der Waals surface area contributed by atoms with Gasteiger partial charge in [-0.3, -0.25) is 9.59 Å². The number of alkyl carbamates (subject to hydrolysis) is 1. The lowest BCUT2D eigenvalue weighted by Crippen LogP contribution is -2.45. The highest BCUT2D eigenvalue weighted by Crippen LogP contribution is 2.35. The summed E-state index contributed by atoms with van der Waals surface area (Å²) in [6.45, 7) is 9.51. The fourth-order valence-corrected chi connectivity index (χ4v) is 6.86. The topological polar surface area (TPSA) is 148 Å². The molecule has 12 nitrogen and oxygen atoms in total. The van der Waals surface area contributed by atoms with Crippen molar-refractivity contribution in [2.24, 2.45) is 5.92 Å². The van der Waals surface area contributed by atoms with Gasteiger partial charge in [-0.25, -0.2) is 14.8 Å². The number of H-pyrrole nitrogens is 2. The first-order chi connectivity index (χ1) is 24.1. The lowest BCUT2D eigenvalue weighted by Gasteiger charge is -2.29. The summed E-state index contributed by atoms with van der Waals surface area (Å²) in [4.78, 5) is 58.2. The predicted octanol–water partition coefficient (Wildman–Crippen LogP) is 5.84. The Bertz CT molecular complexity index is 1780. The molecule has 0 radical (unpaired) electrons. The Morgan fingerprint density at radius 3 is 1.74 bits per heavy atom. The number of hydrogen-bond acceptors (Lipinski definition) is 7. The van der Waals surface area contributed by atoms with E-state index in [1.54, 1.807) is 4.90 Å². The van der Waals surface area contributed by atoms with E-state index in [-0.39, 0.29) is 35.9 Å². The van der Waals surface area contributed by atoms with E-state index in [4.69, 9.17) is 4.74 Å². The van der Waals surface area contributed by atoms with E-state index in [0.717, 1.165) is 77.5 Å². The van der Waals surface area contributed by atoms with Crippen molar-refractivity contribution in [2.45, 2.75) is 77.6 Å². The zero-order valence-electron chi connectivity index (χ0n) is 29.5. The van der Waals surface area contributed by atoms with Crippen molar-refractivity contribution >= 4 is 17.9 Å². The molecular weight excluding hydrogens is 632 g/mol. The number of amides is 3. The quantitative estimate of drug-likeness (QED) is 0.156. The summed E-state index contributed by atoms with van der Waals surface area (Å²) in [5.74, 6) is 1.31. The summed E-state index contributed by atoms with van der Waals surface area (Å²) in [7, 11) is 1.48. The molecule has 4 aromatic rings. The van der Waals surface area contributed by atoms with Gasteiger partial charge in [-0.05, 0) is 53.9 Å². The van der Waals surface area contributed by atoms with Crippen molar-refractivity contribution in [3.05, 3.63) is 72.6 Å². The summed E-state index contributed by atoms with van der Waals surface area (Å²) < 4.78 is 5.42. The third-order valence-corrected chi connectivity index (χ3v) is 9.60. The second kappa shape index (κ2) is 15.3. The number of ether oxygens (including phenoxy) is 1. The van der Waals surface area contributed by atoms with Crippen LogP contribution in [0.3, 0.4) is 0 Å². The standard InChI is InChI=1S/C38H48N8O4/c1-23(2)34(50-38(49)39-5)37(48)46-19-7-9-32(46)36-42-21-30(44-36)28-16-12-26(13-17-28)25-10-14-27(15-11-25)29-20-41-35(43-29)31-8-6-18-45(31)33(47)22-40-24(3)4/h10-17,20-21,23-24,31-32,34,40H,6-9,18-19,22H2,1-5H3,(H,39,49)(H,41,43)(H,42,44)/t31-,32-,34-/m0/s1. The number of carbonyl (C=O) groups is 3. The van der Waals surface area contributed by atoms with Crippen molar-refractivity contribution in [1.82, 2.24) is 40.4 Å². The molecule has 2 saturated heterocycles. The molecule has 4 heterocycles. The van der Waals surface area contributed by atoms with E-state index in [0.29, 0.717) is 13.1 Å². The molecule has 2 aromatic carbocycles. The summed E-state index contributed by atoms with van der Waals surface area (Å²) in [6, 6.07) is 16.7. The average molecular weight is 681 g/mol. The van der Waals surface area contributed by atoms with Crippen molar-refractivity contribution in [3.63, 3.8) is 0 Å². The molecule has 2 aliphatic heterocycles. The first kappa shape index (κ1) is 34.9. The molecule has 0 aliphatic carbocycles. The van der Waals surface area contributed by atoms with Gasteiger partial charge in [-0.1, -0.05) is 76.2 Å². The lowest BCUT2D eigenvalue weighted by atomic mass is 10.0. The van der Waals surface area contributed by atoms with Crippen LogP contribution in [-0.4, -0.2) is 86.5 Å². The van der Waals surface area contributed by atoms with Crippen LogP contribution in [0.4, 0.5) is 4.79 Å². The van der Waals surface area contributed by atoms with Gasteiger partial charge in [0.1, 0.15) is 11.6 Å². The summed E-state index contributed by atoms with van der Waals surface area (Å²) in [5, 5.41) is 5.67. The Morgan fingerprint density at radius 1 is 0.780 bits per heavy atom. The van der Waals surface area contributed by atoms with E-state index in [1.165, 1.54) is 7.05 Å². The minimum absolute atomic E-state index is 0.0272. The first-order valence-corrected chi connectivity index (χ1v) is 17.7. The monoisotopic (exact) mass is 680 g/mol. The molecule has 4 N–H and O–H groups in total. The number of hydrogen-bond donors (Lipinski definition) is 4. The molecule has 2 aliphatic rings. The third kappa shape index (κ3) is 7.60. The van der Waals surface area contributed by atoms with Gasteiger partial charge >= 0.3 is 6.09 Å². The van der Waals surface area contributed by atoms with Gasteiger partial charge in [-0.15, -0.1) is 0 Å². The number of carbonyl (C=O) groups excluding carboxylic acids is 3. The van der Waals surface area contributed by atoms with Crippen LogP contribution in [0.15, 0.2) is 60.9 Å². The van der Waals surface area contributed by atoms with Crippen LogP contribution in [0.25, 0.3) is 33.6 Å². The largest absolute Gasteiger partial charge is 0.436 e. The van der Waals surface area contributed by atoms with E-state index < -0.39 is 12.2 Å². The molecule has 12 heteroatoms. The highest BCUT2D eigenvalue weighted by Gasteiger charge is 2.38. The van der Waals surface area contributed by atoms with Crippen LogP contribution in [0.1, 0.15) is 77.1 Å². The SMILES string of the molecule is CNC(=O)O[C@H](C(=O)N1CCC[C@H]1c1ncc(-c2ccc(-c3ccc(-c4cnc([C@@H]5CCCN5C(=O)CNC(C)C)[nH]4)cc3)cc2)[nH]1)C(C)C. The molecular formula is C38H48N8O4. The number of nitrogens with one attached hydrogen (secondary N) is 4. The van der Waals surface area contributed by atoms with Crippen molar-refractivity contribution in [1.29, 1.82) is 0 Å². The van der Waals surface area contributed by atoms with Crippen LogP contribution in [0.2, 0.25) is 0 Å². The second-order valence-electron chi connectivity index (χ2n) is 13.8. The van der Waals surface area contributed by atoms with Crippen LogP contribution in [0.5, 0.6) is 0 Å². The maximum Gasteiger partial charge on any atom is 0.407 e.